The Morgan fingerprint density at radius 1 is 0.875 bits per heavy atom. The van der Waals surface area contributed by atoms with Gasteiger partial charge in [0.25, 0.3) is 5.91 Å². The lowest BCUT2D eigenvalue weighted by atomic mass is 10.1. The molecule has 0 aliphatic carbocycles. The Morgan fingerprint density at radius 3 is 2.38 bits per heavy atom. The molecule has 0 aliphatic rings. The topological polar surface area (TPSA) is 42.2 Å². The summed E-state index contributed by atoms with van der Waals surface area (Å²) in [5.41, 5.74) is 1.48. The van der Waals surface area contributed by atoms with Gasteiger partial charge in [-0.25, -0.2) is 0 Å². The van der Waals surface area contributed by atoms with E-state index in [0.29, 0.717) is 5.56 Å². The Hall–Kier alpha value is -3.07. The summed E-state index contributed by atoms with van der Waals surface area (Å²) in [7, 11) is 0. The quantitative estimate of drug-likeness (QED) is 0.573. The molecule has 1 heterocycles. The van der Waals surface area contributed by atoms with Crippen LogP contribution in [0.4, 0.5) is 0 Å². The standard InChI is InChI=1S/C21H17NO2/c1-14(20-13-17-8-4-5-9-19(17)24-20)22-21(23)18-11-10-15-6-2-3-7-16(15)12-18/h2-14H,1H3,(H,22,23). The van der Waals surface area contributed by atoms with Crippen molar-refractivity contribution in [3.8, 4) is 0 Å². The lowest BCUT2D eigenvalue weighted by molar-refractivity contribution is 0.0936. The zero-order valence-corrected chi connectivity index (χ0v) is 13.3. The zero-order valence-electron chi connectivity index (χ0n) is 13.3. The van der Waals surface area contributed by atoms with Crippen LogP contribution in [0.5, 0.6) is 0 Å². The number of rotatable bonds is 3. The van der Waals surface area contributed by atoms with E-state index in [4.69, 9.17) is 4.42 Å². The number of para-hydroxylation sites is 1. The van der Waals surface area contributed by atoms with Crippen LogP contribution in [-0.4, -0.2) is 5.91 Å². The Labute approximate surface area is 139 Å². The van der Waals surface area contributed by atoms with Gasteiger partial charge in [0.05, 0.1) is 6.04 Å². The smallest absolute Gasteiger partial charge is 0.251 e. The van der Waals surface area contributed by atoms with E-state index in [1.165, 1.54) is 0 Å². The maximum absolute atomic E-state index is 12.5. The lowest BCUT2D eigenvalue weighted by Gasteiger charge is -2.12. The van der Waals surface area contributed by atoms with Gasteiger partial charge in [-0.05, 0) is 42.0 Å². The fourth-order valence-electron chi connectivity index (χ4n) is 2.90. The Bertz CT molecular complexity index is 999. The van der Waals surface area contributed by atoms with Crippen LogP contribution in [0, 0.1) is 0 Å². The molecule has 0 saturated heterocycles. The van der Waals surface area contributed by atoms with Gasteiger partial charge < -0.3 is 9.73 Å². The third-order valence-electron chi connectivity index (χ3n) is 4.23. The van der Waals surface area contributed by atoms with Crippen molar-refractivity contribution in [2.75, 3.05) is 0 Å². The highest BCUT2D eigenvalue weighted by Crippen LogP contribution is 2.24. The van der Waals surface area contributed by atoms with Gasteiger partial charge >= 0.3 is 0 Å². The van der Waals surface area contributed by atoms with Crippen molar-refractivity contribution in [3.63, 3.8) is 0 Å². The van der Waals surface area contributed by atoms with Crippen molar-refractivity contribution in [3.05, 3.63) is 84.1 Å². The molecule has 24 heavy (non-hydrogen) atoms. The molecule has 0 spiro atoms. The van der Waals surface area contributed by atoms with Gasteiger partial charge in [0.15, 0.2) is 0 Å². The van der Waals surface area contributed by atoms with E-state index >= 15 is 0 Å². The first-order valence-electron chi connectivity index (χ1n) is 7.99. The number of benzene rings is 3. The van der Waals surface area contributed by atoms with Crippen LogP contribution < -0.4 is 5.32 Å². The van der Waals surface area contributed by atoms with Crippen molar-refractivity contribution in [1.29, 1.82) is 0 Å². The predicted molar refractivity (Wildman–Crippen MR) is 96.0 cm³/mol. The highest BCUT2D eigenvalue weighted by Gasteiger charge is 2.15. The van der Waals surface area contributed by atoms with Crippen LogP contribution >= 0.6 is 0 Å². The van der Waals surface area contributed by atoms with Crippen molar-refractivity contribution in [1.82, 2.24) is 5.32 Å². The SMILES string of the molecule is CC(NC(=O)c1ccc2ccccc2c1)c1cc2ccccc2o1. The molecule has 4 rings (SSSR count). The minimum Gasteiger partial charge on any atom is -0.459 e. The first-order chi connectivity index (χ1) is 11.7. The summed E-state index contributed by atoms with van der Waals surface area (Å²) in [5.74, 6) is 0.652. The molecule has 0 aliphatic heterocycles. The average Bonchev–Trinajstić information content (AvgIpc) is 3.05. The first-order valence-corrected chi connectivity index (χ1v) is 7.99. The van der Waals surface area contributed by atoms with Gasteiger partial charge in [0, 0.05) is 10.9 Å². The summed E-state index contributed by atoms with van der Waals surface area (Å²) in [5, 5.41) is 6.23. The summed E-state index contributed by atoms with van der Waals surface area (Å²) in [4.78, 5) is 12.5. The predicted octanol–water partition coefficient (Wildman–Crippen LogP) is 5.08. The fourth-order valence-corrected chi connectivity index (χ4v) is 2.90. The number of amides is 1. The number of nitrogens with one attached hydrogen (secondary N) is 1. The normalized spacial score (nSPS) is 12.4. The van der Waals surface area contributed by atoms with E-state index in [-0.39, 0.29) is 11.9 Å². The van der Waals surface area contributed by atoms with Gasteiger partial charge in [0.2, 0.25) is 0 Å². The molecule has 4 aromatic rings. The van der Waals surface area contributed by atoms with E-state index in [1.807, 2.05) is 79.7 Å². The Kier molecular flexibility index (Phi) is 3.54. The first kappa shape index (κ1) is 14.5. The van der Waals surface area contributed by atoms with E-state index in [2.05, 4.69) is 5.32 Å². The Balaban J connectivity index is 1.57. The molecule has 0 bridgehead atoms. The summed E-state index contributed by atoms with van der Waals surface area (Å²) in [6.07, 6.45) is 0. The highest BCUT2D eigenvalue weighted by molar-refractivity contribution is 5.98. The summed E-state index contributed by atoms with van der Waals surface area (Å²) >= 11 is 0. The van der Waals surface area contributed by atoms with Crippen LogP contribution in [0.2, 0.25) is 0 Å². The molecule has 0 saturated carbocycles. The van der Waals surface area contributed by atoms with Crippen molar-refractivity contribution in [2.24, 2.45) is 0 Å². The van der Waals surface area contributed by atoms with E-state index < -0.39 is 0 Å². The number of carbonyl (C=O) groups excluding carboxylic acids is 1. The third-order valence-corrected chi connectivity index (χ3v) is 4.23. The van der Waals surface area contributed by atoms with Crippen LogP contribution in [0.15, 0.2) is 77.2 Å². The summed E-state index contributed by atoms with van der Waals surface area (Å²) < 4.78 is 5.82. The minimum absolute atomic E-state index is 0.103. The van der Waals surface area contributed by atoms with Gasteiger partial charge in [-0.1, -0.05) is 48.5 Å². The number of hydrogen-bond donors (Lipinski definition) is 1. The fraction of sp³-hybridized carbons (Fsp3) is 0.0952. The van der Waals surface area contributed by atoms with Crippen LogP contribution in [0.1, 0.15) is 29.1 Å². The number of furan rings is 1. The second-order valence-corrected chi connectivity index (χ2v) is 5.94. The van der Waals surface area contributed by atoms with Gasteiger partial charge in [-0.3, -0.25) is 4.79 Å². The molecule has 118 valence electrons. The molecule has 0 fully saturated rings. The second-order valence-electron chi connectivity index (χ2n) is 5.94. The molecule has 3 heteroatoms. The van der Waals surface area contributed by atoms with Crippen molar-refractivity contribution >= 4 is 27.6 Å². The molecular formula is C21H17NO2. The van der Waals surface area contributed by atoms with E-state index in [9.17, 15) is 4.79 Å². The Morgan fingerprint density at radius 2 is 1.58 bits per heavy atom. The summed E-state index contributed by atoms with van der Waals surface area (Å²) in [6.45, 7) is 1.93. The molecule has 1 atom stereocenters. The zero-order chi connectivity index (χ0) is 16.5. The maximum atomic E-state index is 12.5. The monoisotopic (exact) mass is 315 g/mol. The average molecular weight is 315 g/mol. The molecule has 1 N–H and O–H groups in total. The largest absolute Gasteiger partial charge is 0.459 e. The van der Waals surface area contributed by atoms with Crippen LogP contribution in [0.3, 0.4) is 0 Å². The number of hydrogen-bond acceptors (Lipinski definition) is 2. The molecule has 0 radical (unpaired) electrons. The second kappa shape index (κ2) is 5.85. The molecule has 1 aromatic heterocycles. The van der Waals surface area contributed by atoms with Crippen LogP contribution in [0.25, 0.3) is 21.7 Å². The third kappa shape index (κ3) is 2.65. The lowest BCUT2D eigenvalue weighted by Crippen LogP contribution is -2.26. The molecule has 1 unspecified atom stereocenters. The molecule has 1 amide bonds. The molecular weight excluding hydrogens is 298 g/mol. The molecule has 3 nitrogen and oxygen atoms in total. The van der Waals surface area contributed by atoms with E-state index in [1.54, 1.807) is 0 Å². The molecule has 3 aromatic carbocycles. The van der Waals surface area contributed by atoms with Gasteiger partial charge in [-0.15, -0.1) is 0 Å². The van der Waals surface area contributed by atoms with Crippen molar-refractivity contribution < 1.29 is 9.21 Å². The highest BCUT2D eigenvalue weighted by atomic mass is 16.3. The number of carbonyl (C=O) groups is 1. The van der Waals surface area contributed by atoms with Gasteiger partial charge in [0.1, 0.15) is 11.3 Å². The van der Waals surface area contributed by atoms with Gasteiger partial charge in [-0.2, -0.15) is 0 Å². The maximum Gasteiger partial charge on any atom is 0.251 e. The van der Waals surface area contributed by atoms with Crippen LogP contribution in [-0.2, 0) is 0 Å². The summed E-state index contributed by atoms with van der Waals surface area (Å²) in [6, 6.07) is 23.4. The number of fused-ring (bicyclic) bond motifs is 2. The van der Waals surface area contributed by atoms with Crippen molar-refractivity contribution in [2.45, 2.75) is 13.0 Å². The van der Waals surface area contributed by atoms with E-state index in [0.717, 1.165) is 27.5 Å². The minimum atomic E-state index is -0.198.